The SMILES string of the molecule is CCCCC1=CC2=CC(CCCC)=C1C2.O=[PH](O)O.c1ccc(OP(Oc2ccccc2)Oc2ccccc2)cc1. The molecule has 2 N–H and O–H groups in total. The van der Waals surface area contributed by atoms with E-state index in [0.29, 0.717) is 17.2 Å². The number of para-hydroxylation sites is 3. The molecule has 8 heteroatoms. The van der Waals surface area contributed by atoms with Crippen LogP contribution in [-0.4, -0.2) is 9.79 Å². The molecule has 2 bridgehead atoms. The lowest BCUT2D eigenvalue weighted by atomic mass is 9.96. The molecule has 0 saturated heterocycles. The smallest absolute Gasteiger partial charge is 0.409 e. The lowest BCUT2D eigenvalue weighted by Crippen LogP contribution is -2.02. The van der Waals surface area contributed by atoms with E-state index in [0.717, 1.165) is 0 Å². The first kappa shape index (κ1) is 32.4. The van der Waals surface area contributed by atoms with Crippen molar-refractivity contribution < 1.29 is 27.9 Å². The Bertz CT molecular complexity index is 1190. The number of benzene rings is 3. The molecule has 0 fully saturated rings. The van der Waals surface area contributed by atoms with Crippen LogP contribution in [0, 0.1) is 0 Å². The standard InChI is InChI=1S/C18H15O3P.C15H22.H3O3P/c1-4-10-16(11-5-1)19-22(20-17-12-6-2-7-13-17)21-18-14-8-3-9-15-18;1-3-5-7-13-9-12-10-14(8-6-4-2)15(13)11-12;1-4(2)3/h1-15H;9-10H,3-8,11H2,1-2H3;4H,(H2,1,2,3). The molecule has 0 atom stereocenters. The highest BCUT2D eigenvalue weighted by atomic mass is 31.2. The van der Waals surface area contributed by atoms with E-state index in [9.17, 15) is 0 Å². The van der Waals surface area contributed by atoms with E-state index in [-0.39, 0.29) is 0 Å². The predicted octanol–water partition coefficient (Wildman–Crippen LogP) is 9.74. The molecule has 218 valence electrons. The Morgan fingerprint density at radius 3 is 1.49 bits per heavy atom. The van der Waals surface area contributed by atoms with E-state index in [1.54, 1.807) is 22.3 Å². The van der Waals surface area contributed by atoms with Crippen molar-refractivity contribution in [3.63, 3.8) is 0 Å². The van der Waals surface area contributed by atoms with Gasteiger partial charge < -0.3 is 23.4 Å². The van der Waals surface area contributed by atoms with E-state index >= 15 is 0 Å². The average molecular weight is 595 g/mol. The summed E-state index contributed by atoms with van der Waals surface area (Å²) >= 11 is 0. The van der Waals surface area contributed by atoms with Gasteiger partial charge in [0, 0.05) is 0 Å². The highest BCUT2D eigenvalue weighted by Gasteiger charge is 2.23. The summed E-state index contributed by atoms with van der Waals surface area (Å²) in [5, 5.41) is 0. The van der Waals surface area contributed by atoms with E-state index in [4.69, 9.17) is 27.9 Å². The molecule has 0 spiro atoms. The van der Waals surface area contributed by atoms with Crippen molar-refractivity contribution in [2.45, 2.75) is 58.8 Å². The number of unbranched alkanes of at least 4 members (excludes halogenated alkanes) is 2. The number of hydrogen-bond donors (Lipinski definition) is 2. The van der Waals surface area contributed by atoms with Crippen molar-refractivity contribution in [2.24, 2.45) is 0 Å². The fraction of sp³-hybridized carbons (Fsp3) is 0.273. The largest absolute Gasteiger partial charge is 0.530 e. The van der Waals surface area contributed by atoms with E-state index in [2.05, 4.69) is 26.0 Å². The maximum absolute atomic E-state index is 8.74. The minimum atomic E-state index is -3.13. The third-order valence-corrected chi connectivity index (χ3v) is 7.32. The molecule has 0 aromatic heterocycles. The first-order valence-electron chi connectivity index (χ1n) is 14.0. The molecule has 0 unspecified atom stereocenters. The van der Waals surface area contributed by atoms with Crippen LogP contribution in [0.2, 0.25) is 0 Å². The molecule has 0 amide bonds. The molecule has 0 aliphatic heterocycles. The Hall–Kier alpha value is -3.14. The van der Waals surface area contributed by atoms with Gasteiger partial charge in [-0.15, -0.1) is 0 Å². The Morgan fingerprint density at radius 2 is 1.10 bits per heavy atom. The zero-order chi connectivity index (χ0) is 29.3. The van der Waals surface area contributed by atoms with Gasteiger partial charge in [0.2, 0.25) is 0 Å². The molecular formula is C33H40O6P2. The molecule has 0 saturated carbocycles. The predicted molar refractivity (Wildman–Crippen MR) is 168 cm³/mol. The molecule has 3 aromatic rings. The van der Waals surface area contributed by atoms with Crippen LogP contribution in [0.4, 0.5) is 0 Å². The van der Waals surface area contributed by atoms with Gasteiger partial charge in [0.05, 0.1) is 0 Å². The Kier molecular flexibility index (Phi) is 14.5. The summed E-state index contributed by atoms with van der Waals surface area (Å²) < 4.78 is 26.3. The van der Waals surface area contributed by atoms with Crippen molar-refractivity contribution in [3.8, 4) is 17.2 Å². The summed E-state index contributed by atoms with van der Waals surface area (Å²) in [5.74, 6) is 2.13. The summed E-state index contributed by atoms with van der Waals surface area (Å²) in [7, 11) is -4.72. The van der Waals surface area contributed by atoms with Gasteiger partial charge in [0.1, 0.15) is 17.2 Å². The van der Waals surface area contributed by atoms with Crippen LogP contribution in [0.3, 0.4) is 0 Å². The highest BCUT2D eigenvalue weighted by Crippen LogP contribution is 2.43. The van der Waals surface area contributed by atoms with Gasteiger partial charge in [-0.25, -0.2) is 0 Å². The molecule has 2 aliphatic carbocycles. The van der Waals surface area contributed by atoms with Crippen LogP contribution in [-0.2, 0) is 4.57 Å². The number of fused-ring (bicyclic) bond motifs is 2. The summed E-state index contributed by atoms with van der Waals surface area (Å²) in [6, 6.07) is 28.5. The molecule has 0 heterocycles. The van der Waals surface area contributed by atoms with Gasteiger partial charge in [-0.3, -0.25) is 4.57 Å². The van der Waals surface area contributed by atoms with Gasteiger partial charge >= 0.3 is 16.9 Å². The van der Waals surface area contributed by atoms with Gasteiger partial charge in [-0.05, 0) is 90.8 Å². The highest BCUT2D eigenvalue weighted by molar-refractivity contribution is 7.43. The second kappa shape index (κ2) is 18.3. The quantitative estimate of drug-likeness (QED) is 0.203. The molecule has 3 aromatic carbocycles. The lowest BCUT2D eigenvalue weighted by molar-refractivity contribution is 0.388. The monoisotopic (exact) mass is 594 g/mol. The summed E-state index contributed by atoms with van der Waals surface area (Å²) in [4.78, 5) is 14.3. The first-order valence-corrected chi connectivity index (χ1v) is 16.4. The number of rotatable bonds is 12. The zero-order valence-corrected chi connectivity index (χ0v) is 25.6. The molecule has 2 aliphatic rings. The lowest BCUT2D eigenvalue weighted by Gasteiger charge is -2.17. The summed E-state index contributed by atoms with van der Waals surface area (Å²) in [6.07, 6.45) is 14.0. The van der Waals surface area contributed by atoms with Crippen molar-refractivity contribution in [3.05, 3.63) is 125 Å². The maximum atomic E-state index is 8.74. The average Bonchev–Trinajstić information content (AvgIpc) is 3.57. The topological polar surface area (TPSA) is 85.2 Å². The van der Waals surface area contributed by atoms with Crippen molar-refractivity contribution >= 4 is 16.9 Å². The fourth-order valence-electron chi connectivity index (χ4n) is 4.34. The van der Waals surface area contributed by atoms with Crippen LogP contribution in [0.5, 0.6) is 17.2 Å². The Labute approximate surface area is 246 Å². The third kappa shape index (κ3) is 12.1. The van der Waals surface area contributed by atoms with Crippen molar-refractivity contribution in [2.75, 3.05) is 0 Å². The summed E-state index contributed by atoms with van der Waals surface area (Å²) in [5.41, 5.74) is 6.56. The van der Waals surface area contributed by atoms with E-state index < -0.39 is 16.9 Å². The second-order valence-corrected chi connectivity index (χ2v) is 11.1. The third-order valence-electron chi connectivity index (χ3n) is 6.24. The molecule has 6 nitrogen and oxygen atoms in total. The van der Waals surface area contributed by atoms with Gasteiger partial charge in [-0.1, -0.05) is 93.4 Å². The van der Waals surface area contributed by atoms with Gasteiger partial charge in [0.15, 0.2) is 0 Å². The van der Waals surface area contributed by atoms with Gasteiger partial charge in [-0.2, -0.15) is 0 Å². The molecule has 0 radical (unpaired) electrons. The minimum Gasteiger partial charge on any atom is -0.409 e. The van der Waals surface area contributed by atoms with Crippen LogP contribution in [0.1, 0.15) is 58.8 Å². The minimum absolute atomic E-state index is 0.709. The molecule has 41 heavy (non-hydrogen) atoms. The van der Waals surface area contributed by atoms with E-state index in [1.807, 2.05) is 91.0 Å². The second-order valence-electron chi connectivity index (χ2n) is 9.50. The Balaban J connectivity index is 0.000000211. The van der Waals surface area contributed by atoms with Crippen LogP contribution >= 0.6 is 16.9 Å². The maximum Gasteiger partial charge on any atom is 0.530 e. The fourth-order valence-corrected chi connectivity index (χ4v) is 5.34. The first-order chi connectivity index (χ1) is 20.0. The van der Waals surface area contributed by atoms with Crippen molar-refractivity contribution in [1.82, 2.24) is 0 Å². The summed E-state index contributed by atoms with van der Waals surface area (Å²) in [6.45, 7) is 4.55. The van der Waals surface area contributed by atoms with Crippen LogP contribution in [0.25, 0.3) is 0 Å². The molecular weight excluding hydrogens is 554 g/mol. The normalized spacial score (nSPS) is 13.1. The Morgan fingerprint density at radius 1 is 0.683 bits per heavy atom. The van der Waals surface area contributed by atoms with Crippen molar-refractivity contribution in [1.29, 1.82) is 0 Å². The van der Waals surface area contributed by atoms with Crippen LogP contribution in [0.15, 0.2) is 125 Å². The number of allylic oxidation sites excluding steroid dienone is 6. The zero-order valence-electron chi connectivity index (χ0n) is 23.7. The number of hydrogen-bond acceptors (Lipinski definition) is 4. The van der Waals surface area contributed by atoms with E-state index in [1.165, 1.54) is 44.9 Å². The molecule has 5 rings (SSSR count). The van der Waals surface area contributed by atoms with Crippen LogP contribution < -0.4 is 13.6 Å². The van der Waals surface area contributed by atoms with Gasteiger partial charge in [0.25, 0.3) is 0 Å².